The van der Waals surface area contributed by atoms with Gasteiger partial charge in [0.25, 0.3) is 0 Å². The highest BCUT2D eigenvalue weighted by Gasteiger charge is 2.45. The molecule has 2 rings (SSSR count). The number of hydrogen-bond acceptors (Lipinski definition) is 2. The Kier molecular flexibility index (Phi) is 2.69. The zero-order valence-corrected chi connectivity index (χ0v) is 9.20. The Balaban J connectivity index is 2.37. The third-order valence-electron chi connectivity index (χ3n) is 3.53. The Hall–Kier alpha value is -1.40. The van der Waals surface area contributed by atoms with E-state index in [1.54, 1.807) is 6.07 Å². The maximum Gasteiger partial charge on any atom is 0.123 e. The summed E-state index contributed by atoms with van der Waals surface area (Å²) in [7, 11) is 0. The minimum atomic E-state index is -0.873. The van der Waals surface area contributed by atoms with Crippen LogP contribution in [0, 0.1) is 29.5 Å². The molecule has 0 aromatic heterocycles. The zero-order valence-electron chi connectivity index (χ0n) is 9.20. The summed E-state index contributed by atoms with van der Waals surface area (Å²) < 4.78 is 13.1. The lowest BCUT2D eigenvalue weighted by molar-refractivity contribution is 0.00736. The molecule has 1 unspecified atom stereocenters. The number of nitrogens with zero attached hydrogens (tertiary/aromatic N) is 1. The van der Waals surface area contributed by atoms with Crippen LogP contribution in [0.4, 0.5) is 4.39 Å². The van der Waals surface area contributed by atoms with Crippen molar-refractivity contribution in [3.8, 4) is 6.07 Å². The number of benzene rings is 1. The second-order valence-corrected chi connectivity index (χ2v) is 4.52. The zero-order chi connectivity index (χ0) is 11.8. The largest absolute Gasteiger partial charge is 0.387 e. The molecule has 0 radical (unpaired) electrons. The highest BCUT2D eigenvalue weighted by Crippen LogP contribution is 2.50. The molecular weight excluding hydrogens is 205 g/mol. The Morgan fingerprint density at radius 2 is 2.19 bits per heavy atom. The average molecular weight is 219 g/mol. The molecule has 0 spiro atoms. The number of aliphatic hydroxyl groups is 1. The Labute approximate surface area is 94.3 Å². The molecule has 1 saturated carbocycles. The predicted molar refractivity (Wildman–Crippen MR) is 58.0 cm³/mol. The third kappa shape index (κ3) is 1.60. The fraction of sp³-hybridized carbons (Fsp3) is 0.462. The van der Waals surface area contributed by atoms with Gasteiger partial charge >= 0.3 is 0 Å². The summed E-state index contributed by atoms with van der Waals surface area (Å²) in [6.45, 7) is 1.82. The lowest BCUT2D eigenvalue weighted by Crippen LogP contribution is -2.34. The summed E-state index contributed by atoms with van der Waals surface area (Å²) in [4.78, 5) is 0. The molecule has 1 aromatic rings. The molecular formula is C13H14FNO. The van der Waals surface area contributed by atoms with Crippen LogP contribution in [0.15, 0.2) is 18.2 Å². The van der Waals surface area contributed by atoms with Crippen molar-refractivity contribution in [1.29, 1.82) is 5.26 Å². The molecule has 84 valence electrons. The normalized spacial score (nSPS) is 19.6. The van der Waals surface area contributed by atoms with E-state index in [4.69, 9.17) is 5.26 Å². The van der Waals surface area contributed by atoms with E-state index in [1.165, 1.54) is 12.1 Å². The fourth-order valence-electron chi connectivity index (χ4n) is 2.21. The topological polar surface area (TPSA) is 44.0 Å². The first-order valence-electron chi connectivity index (χ1n) is 5.44. The van der Waals surface area contributed by atoms with Gasteiger partial charge in [0.05, 0.1) is 17.6 Å². The van der Waals surface area contributed by atoms with E-state index in [1.807, 2.05) is 6.92 Å². The number of nitriles is 1. The molecule has 0 aliphatic heterocycles. The third-order valence-corrected chi connectivity index (χ3v) is 3.53. The van der Waals surface area contributed by atoms with E-state index < -0.39 is 11.5 Å². The molecule has 0 saturated heterocycles. The molecule has 2 nitrogen and oxygen atoms in total. The minimum Gasteiger partial charge on any atom is -0.387 e. The second kappa shape index (κ2) is 3.88. The van der Waals surface area contributed by atoms with Crippen LogP contribution in [-0.4, -0.2) is 5.11 Å². The van der Waals surface area contributed by atoms with E-state index in [0.29, 0.717) is 18.4 Å². The van der Waals surface area contributed by atoms with Gasteiger partial charge in [-0.05, 0) is 43.0 Å². The van der Waals surface area contributed by atoms with Crippen molar-refractivity contribution >= 4 is 0 Å². The van der Waals surface area contributed by atoms with Gasteiger partial charge in [-0.2, -0.15) is 5.26 Å². The number of aryl methyl sites for hydroxylation is 1. The number of halogens is 1. The molecule has 1 aromatic carbocycles. The Morgan fingerprint density at radius 3 is 2.69 bits per heavy atom. The first-order chi connectivity index (χ1) is 7.59. The molecule has 1 aliphatic rings. The summed E-state index contributed by atoms with van der Waals surface area (Å²) >= 11 is 0. The predicted octanol–water partition coefficient (Wildman–Crippen LogP) is 2.86. The molecule has 0 heterocycles. The van der Waals surface area contributed by atoms with E-state index in [2.05, 4.69) is 6.07 Å². The molecule has 0 bridgehead atoms. The van der Waals surface area contributed by atoms with Gasteiger partial charge in [0.1, 0.15) is 5.82 Å². The molecule has 3 heteroatoms. The monoisotopic (exact) mass is 219 g/mol. The van der Waals surface area contributed by atoms with Crippen molar-refractivity contribution < 1.29 is 9.50 Å². The Bertz CT molecular complexity index is 446. The van der Waals surface area contributed by atoms with Crippen LogP contribution in [-0.2, 0) is 0 Å². The van der Waals surface area contributed by atoms with Gasteiger partial charge in [0.15, 0.2) is 0 Å². The summed E-state index contributed by atoms with van der Waals surface area (Å²) in [5.41, 5.74) is 0.676. The van der Waals surface area contributed by atoms with Crippen molar-refractivity contribution in [1.82, 2.24) is 0 Å². The number of hydrogen-bond donors (Lipinski definition) is 1. The van der Waals surface area contributed by atoms with Crippen LogP contribution in [0.3, 0.4) is 0 Å². The smallest absolute Gasteiger partial charge is 0.123 e. The van der Waals surface area contributed by atoms with Crippen LogP contribution < -0.4 is 0 Å². The van der Waals surface area contributed by atoms with Crippen molar-refractivity contribution in [3.05, 3.63) is 35.1 Å². The standard InChI is InChI=1S/C13H14FNO/c1-9-3-4-10(14)7-11(9)12(16)13(8-15)5-2-6-13/h3-4,7,12,16H,2,5-6H2,1H3. The van der Waals surface area contributed by atoms with Crippen molar-refractivity contribution in [2.24, 2.45) is 5.41 Å². The Morgan fingerprint density at radius 1 is 1.50 bits per heavy atom. The fourth-order valence-corrected chi connectivity index (χ4v) is 2.21. The van der Waals surface area contributed by atoms with E-state index in [-0.39, 0.29) is 5.82 Å². The molecule has 16 heavy (non-hydrogen) atoms. The van der Waals surface area contributed by atoms with E-state index >= 15 is 0 Å². The molecule has 1 aliphatic carbocycles. The maximum atomic E-state index is 13.1. The first kappa shape index (κ1) is 11.1. The van der Waals surface area contributed by atoms with Gasteiger partial charge in [-0.25, -0.2) is 4.39 Å². The first-order valence-corrected chi connectivity index (χ1v) is 5.44. The van der Waals surface area contributed by atoms with Gasteiger partial charge < -0.3 is 5.11 Å². The second-order valence-electron chi connectivity index (χ2n) is 4.52. The summed E-state index contributed by atoms with van der Waals surface area (Å²) in [5.74, 6) is -0.368. The van der Waals surface area contributed by atoms with Gasteiger partial charge in [-0.3, -0.25) is 0 Å². The molecule has 1 atom stereocenters. The van der Waals surface area contributed by atoms with E-state index in [9.17, 15) is 9.50 Å². The van der Waals surface area contributed by atoms with Crippen molar-refractivity contribution in [2.45, 2.75) is 32.3 Å². The SMILES string of the molecule is Cc1ccc(F)cc1C(O)C1(C#N)CCC1. The van der Waals surface area contributed by atoms with Gasteiger partial charge in [-0.15, -0.1) is 0 Å². The summed E-state index contributed by atoms with van der Waals surface area (Å²) in [5, 5.41) is 19.3. The molecule has 0 amide bonds. The van der Waals surface area contributed by atoms with Crippen LogP contribution in [0.5, 0.6) is 0 Å². The number of rotatable bonds is 2. The van der Waals surface area contributed by atoms with Crippen LogP contribution in [0.25, 0.3) is 0 Å². The van der Waals surface area contributed by atoms with Crippen molar-refractivity contribution in [2.75, 3.05) is 0 Å². The van der Waals surface area contributed by atoms with Crippen LogP contribution in [0.2, 0.25) is 0 Å². The highest BCUT2D eigenvalue weighted by molar-refractivity contribution is 5.32. The van der Waals surface area contributed by atoms with Gasteiger partial charge in [0, 0.05) is 0 Å². The van der Waals surface area contributed by atoms with Crippen molar-refractivity contribution in [3.63, 3.8) is 0 Å². The summed E-state index contributed by atoms with van der Waals surface area (Å²) in [6, 6.07) is 6.52. The quantitative estimate of drug-likeness (QED) is 0.831. The average Bonchev–Trinajstić information content (AvgIpc) is 2.21. The van der Waals surface area contributed by atoms with Crippen LogP contribution in [0.1, 0.15) is 36.5 Å². The summed E-state index contributed by atoms with van der Waals surface area (Å²) in [6.07, 6.45) is 1.47. The minimum absolute atomic E-state index is 0.368. The van der Waals surface area contributed by atoms with Crippen LogP contribution >= 0.6 is 0 Å². The molecule has 1 N–H and O–H groups in total. The highest BCUT2D eigenvalue weighted by atomic mass is 19.1. The van der Waals surface area contributed by atoms with Gasteiger partial charge in [0.2, 0.25) is 0 Å². The lowest BCUT2D eigenvalue weighted by Gasteiger charge is -2.39. The van der Waals surface area contributed by atoms with E-state index in [0.717, 1.165) is 12.0 Å². The van der Waals surface area contributed by atoms with Gasteiger partial charge in [-0.1, -0.05) is 12.5 Å². The maximum absolute atomic E-state index is 13.1. The number of aliphatic hydroxyl groups excluding tert-OH is 1. The lowest BCUT2D eigenvalue weighted by atomic mass is 9.64. The molecule has 1 fully saturated rings.